The molecule has 3 heteroatoms. The number of hydrogen-bond acceptors (Lipinski definition) is 2. The number of ether oxygens (including phenoxy) is 1. The second-order valence-corrected chi connectivity index (χ2v) is 5.00. The van der Waals surface area contributed by atoms with Gasteiger partial charge in [-0.2, -0.15) is 0 Å². The molecule has 1 heterocycles. The molecule has 0 radical (unpaired) electrons. The van der Waals surface area contributed by atoms with Crippen LogP contribution in [0.3, 0.4) is 0 Å². The SMILES string of the molecule is ClCC1CSC2(CCCC2)O1. The lowest BCUT2D eigenvalue weighted by molar-refractivity contribution is 0.00852. The largest absolute Gasteiger partial charge is 0.359 e. The highest BCUT2D eigenvalue weighted by Gasteiger charge is 2.42. The number of halogens is 1. The zero-order valence-corrected chi connectivity index (χ0v) is 8.09. The van der Waals surface area contributed by atoms with E-state index < -0.39 is 0 Å². The van der Waals surface area contributed by atoms with Gasteiger partial charge in [-0.3, -0.25) is 0 Å². The summed E-state index contributed by atoms with van der Waals surface area (Å²) in [7, 11) is 0. The molecule has 1 saturated carbocycles. The molecule has 2 rings (SSSR count). The van der Waals surface area contributed by atoms with Crippen LogP contribution in [0.1, 0.15) is 25.7 Å². The summed E-state index contributed by atoms with van der Waals surface area (Å²) >= 11 is 7.71. The zero-order valence-electron chi connectivity index (χ0n) is 6.51. The van der Waals surface area contributed by atoms with Crippen molar-refractivity contribution in [3.05, 3.63) is 0 Å². The Hall–Kier alpha value is 0.600. The van der Waals surface area contributed by atoms with Crippen molar-refractivity contribution in [2.24, 2.45) is 0 Å². The van der Waals surface area contributed by atoms with Gasteiger partial charge in [0.1, 0.15) is 4.93 Å². The second kappa shape index (κ2) is 3.15. The smallest absolute Gasteiger partial charge is 0.114 e. The Balaban J connectivity index is 1.96. The maximum atomic E-state index is 5.89. The molecule has 0 aromatic heterocycles. The van der Waals surface area contributed by atoms with Crippen molar-refractivity contribution >= 4 is 23.4 Å². The van der Waals surface area contributed by atoms with E-state index in [0.717, 1.165) is 5.75 Å². The minimum atomic E-state index is 0.194. The Morgan fingerprint density at radius 1 is 1.45 bits per heavy atom. The summed E-state index contributed by atoms with van der Waals surface area (Å²) in [6, 6.07) is 0. The molecule has 1 unspecified atom stereocenters. The van der Waals surface area contributed by atoms with Crippen molar-refractivity contribution in [1.82, 2.24) is 0 Å². The molecule has 0 aromatic carbocycles. The molecule has 1 aliphatic carbocycles. The van der Waals surface area contributed by atoms with Crippen LogP contribution in [0.25, 0.3) is 0 Å². The predicted molar refractivity (Wildman–Crippen MR) is 49.3 cm³/mol. The molecule has 0 bridgehead atoms. The molecule has 0 amide bonds. The van der Waals surface area contributed by atoms with E-state index in [4.69, 9.17) is 16.3 Å². The molecular formula is C8H13ClOS. The van der Waals surface area contributed by atoms with E-state index in [2.05, 4.69) is 0 Å². The Kier molecular flexibility index (Phi) is 2.35. The van der Waals surface area contributed by atoms with E-state index in [9.17, 15) is 0 Å². The molecule has 0 aromatic rings. The normalized spacial score (nSPS) is 35.2. The topological polar surface area (TPSA) is 9.23 Å². The molecule has 11 heavy (non-hydrogen) atoms. The molecule has 2 aliphatic rings. The van der Waals surface area contributed by atoms with Crippen molar-refractivity contribution in [2.45, 2.75) is 36.7 Å². The first kappa shape index (κ1) is 8.21. The van der Waals surface area contributed by atoms with Gasteiger partial charge in [0, 0.05) is 11.6 Å². The van der Waals surface area contributed by atoms with Gasteiger partial charge in [-0.15, -0.1) is 23.4 Å². The van der Waals surface area contributed by atoms with Gasteiger partial charge >= 0.3 is 0 Å². The Labute approximate surface area is 76.8 Å². The van der Waals surface area contributed by atoms with Gasteiger partial charge < -0.3 is 4.74 Å². The fourth-order valence-electron chi connectivity index (χ4n) is 1.87. The van der Waals surface area contributed by atoms with Crippen molar-refractivity contribution in [1.29, 1.82) is 0 Å². The van der Waals surface area contributed by atoms with Gasteiger partial charge in [-0.1, -0.05) is 0 Å². The van der Waals surface area contributed by atoms with Crippen molar-refractivity contribution < 1.29 is 4.74 Å². The van der Waals surface area contributed by atoms with Gasteiger partial charge in [-0.25, -0.2) is 0 Å². The molecule has 64 valence electrons. The minimum Gasteiger partial charge on any atom is -0.359 e. The lowest BCUT2D eigenvalue weighted by atomic mass is 10.3. The summed E-state index contributed by atoms with van der Waals surface area (Å²) in [5.41, 5.74) is 0. The summed E-state index contributed by atoms with van der Waals surface area (Å²) < 4.78 is 5.89. The van der Waals surface area contributed by atoms with E-state index >= 15 is 0 Å². The van der Waals surface area contributed by atoms with E-state index in [-0.39, 0.29) is 4.93 Å². The Morgan fingerprint density at radius 2 is 2.18 bits per heavy atom. The highest BCUT2D eigenvalue weighted by Crippen LogP contribution is 2.48. The fourth-order valence-corrected chi connectivity index (χ4v) is 3.63. The molecular weight excluding hydrogens is 180 g/mol. The first-order valence-electron chi connectivity index (χ1n) is 4.22. The van der Waals surface area contributed by atoms with Gasteiger partial charge in [-0.05, 0) is 25.7 Å². The van der Waals surface area contributed by atoms with Crippen LogP contribution in [-0.2, 0) is 4.74 Å². The molecule has 1 nitrogen and oxygen atoms in total. The van der Waals surface area contributed by atoms with Crippen LogP contribution in [-0.4, -0.2) is 22.7 Å². The number of thioether (sulfide) groups is 1. The highest BCUT2D eigenvalue weighted by atomic mass is 35.5. The van der Waals surface area contributed by atoms with Crippen LogP contribution < -0.4 is 0 Å². The van der Waals surface area contributed by atoms with Crippen LogP contribution in [0, 0.1) is 0 Å². The summed E-state index contributed by atoms with van der Waals surface area (Å²) in [6.45, 7) is 0. The Bertz CT molecular complexity index is 145. The maximum Gasteiger partial charge on any atom is 0.114 e. The first-order chi connectivity index (χ1) is 5.35. The van der Waals surface area contributed by atoms with E-state index in [1.54, 1.807) is 0 Å². The van der Waals surface area contributed by atoms with Gasteiger partial charge in [0.25, 0.3) is 0 Å². The summed E-state index contributed by atoms with van der Waals surface area (Å²) in [5, 5.41) is 0. The van der Waals surface area contributed by atoms with Gasteiger partial charge in [0.2, 0.25) is 0 Å². The number of alkyl halides is 1. The maximum absolute atomic E-state index is 5.89. The van der Waals surface area contributed by atoms with E-state index in [1.165, 1.54) is 25.7 Å². The molecule has 1 aliphatic heterocycles. The lowest BCUT2D eigenvalue weighted by Gasteiger charge is -2.21. The average molecular weight is 193 g/mol. The summed E-state index contributed by atoms with van der Waals surface area (Å²) in [6.07, 6.45) is 5.47. The number of hydrogen-bond donors (Lipinski definition) is 0. The average Bonchev–Trinajstić information content (AvgIpc) is 2.62. The predicted octanol–water partition coefficient (Wildman–Crippen LogP) is 2.63. The van der Waals surface area contributed by atoms with Crippen molar-refractivity contribution in [3.63, 3.8) is 0 Å². The summed E-state index contributed by atoms with van der Waals surface area (Å²) in [5.74, 6) is 1.76. The molecule has 1 atom stereocenters. The van der Waals surface area contributed by atoms with Gasteiger partial charge in [0.05, 0.1) is 6.10 Å². The third kappa shape index (κ3) is 1.53. The molecule has 2 fully saturated rings. The third-order valence-electron chi connectivity index (χ3n) is 2.45. The first-order valence-corrected chi connectivity index (χ1v) is 5.74. The van der Waals surface area contributed by atoms with Crippen molar-refractivity contribution in [2.75, 3.05) is 11.6 Å². The zero-order chi connectivity index (χ0) is 7.73. The van der Waals surface area contributed by atoms with Crippen LogP contribution in [0.5, 0.6) is 0 Å². The number of rotatable bonds is 1. The second-order valence-electron chi connectivity index (χ2n) is 3.32. The lowest BCUT2D eigenvalue weighted by Crippen LogP contribution is -2.23. The van der Waals surface area contributed by atoms with Gasteiger partial charge in [0.15, 0.2) is 0 Å². The van der Waals surface area contributed by atoms with Crippen molar-refractivity contribution in [3.8, 4) is 0 Å². The summed E-state index contributed by atoms with van der Waals surface area (Å²) in [4.78, 5) is 0.194. The minimum absolute atomic E-state index is 0.194. The Morgan fingerprint density at radius 3 is 2.73 bits per heavy atom. The van der Waals surface area contributed by atoms with Crippen LogP contribution in [0.4, 0.5) is 0 Å². The molecule has 1 saturated heterocycles. The highest BCUT2D eigenvalue weighted by molar-refractivity contribution is 8.00. The third-order valence-corrected chi connectivity index (χ3v) is 4.36. The van der Waals surface area contributed by atoms with Crippen LogP contribution >= 0.6 is 23.4 Å². The monoisotopic (exact) mass is 192 g/mol. The quantitative estimate of drug-likeness (QED) is 0.591. The van der Waals surface area contributed by atoms with E-state index in [0.29, 0.717) is 12.0 Å². The van der Waals surface area contributed by atoms with Crippen LogP contribution in [0.15, 0.2) is 0 Å². The standard InChI is InChI=1S/C8H13ClOS/c9-5-7-6-11-8(10-7)3-1-2-4-8/h7H,1-6H2. The van der Waals surface area contributed by atoms with Crippen LogP contribution in [0.2, 0.25) is 0 Å². The molecule has 1 spiro atoms. The van der Waals surface area contributed by atoms with E-state index in [1.807, 2.05) is 11.8 Å². The molecule has 0 N–H and O–H groups in total. The fraction of sp³-hybridized carbons (Fsp3) is 1.00.